The largest absolute Gasteiger partial charge is 0.416 e. The highest BCUT2D eigenvalue weighted by molar-refractivity contribution is 7.91. The lowest BCUT2D eigenvalue weighted by Crippen LogP contribution is -2.38. The van der Waals surface area contributed by atoms with Gasteiger partial charge in [-0.25, -0.2) is 13.2 Å². The quantitative estimate of drug-likeness (QED) is 0.650. The number of alkyl halides is 3. The zero-order chi connectivity index (χ0) is 21.1. The van der Waals surface area contributed by atoms with Crippen molar-refractivity contribution in [2.45, 2.75) is 25.2 Å². The Hall–Kier alpha value is -2.26. The van der Waals surface area contributed by atoms with Crippen molar-refractivity contribution in [3.05, 3.63) is 58.6 Å². The van der Waals surface area contributed by atoms with Crippen LogP contribution in [0.5, 0.6) is 0 Å². The number of halogens is 4. The fraction of sp³-hybridized carbons (Fsp3) is 0.316. The summed E-state index contributed by atoms with van der Waals surface area (Å²) in [5.41, 5.74) is 0.300. The average molecular weight is 445 g/mol. The minimum atomic E-state index is -4.58. The Labute approximate surface area is 170 Å². The summed E-state index contributed by atoms with van der Waals surface area (Å²) in [5.74, 6) is -0.569. The van der Waals surface area contributed by atoms with Crippen LogP contribution in [0.4, 0.5) is 29.3 Å². The molecule has 4 rings (SSSR count). The summed E-state index contributed by atoms with van der Waals surface area (Å²) < 4.78 is 64.0. The van der Waals surface area contributed by atoms with Crippen molar-refractivity contribution in [2.24, 2.45) is 0 Å². The Balaban J connectivity index is 1.81. The molecule has 2 aliphatic heterocycles. The number of carbonyl (C=O) groups is 1. The van der Waals surface area contributed by atoms with E-state index in [4.69, 9.17) is 11.6 Å². The maximum atomic E-state index is 13.2. The van der Waals surface area contributed by atoms with E-state index in [2.05, 4.69) is 0 Å². The third-order valence-electron chi connectivity index (χ3n) is 5.25. The van der Waals surface area contributed by atoms with E-state index in [0.29, 0.717) is 10.7 Å². The molecule has 0 radical (unpaired) electrons. The van der Waals surface area contributed by atoms with E-state index in [0.717, 1.165) is 22.6 Å². The first kappa shape index (κ1) is 20.0. The topological polar surface area (TPSA) is 57.7 Å². The lowest BCUT2D eigenvalue weighted by molar-refractivity contribution is -0.137. The monoisotopic (exact) mass is 444 g/mol. The number of carbonyl (C=O) groups excluding carboxylic acids is 1. The molecule has 154 valence electrons. The average Bonchev–Trinajstić information content (AvgIpc) is 3.05. The molecule has 0 spiro atoms. The first-order chi connectivity index (χ1) is 13.5. The molecule has 0 saturated carbocycles. The van der Waals surface area contributed by atoms with Crippen molar-refractivity contribution < 1.29 is 26.4 Å². The minimum Gasteiger partial charge on any atom is -0.288 e. The number of amides is 2. The Morgan fingerprint density at radius 3 is 2.14 bits per heavy atom. The van der Waals surface area contributed by atoms with Crippen molar-refractivity contribution in [1.82, 2.24) is 0 Å². The van der Waals surface area contributed by atoms with Gasteiger partial charge in [0.15, 0.2) is 9.84 Å². The van der Waals surface area contributed by atoms with Crippen LogP contribution >= 0.6 is 11.6 Å². The van der Waals surface area contributed by atoms with Gasteiger partial charge in [0, 0.05) is 16.4 Å². The molecule has 0 aliphatic carbocycles. The van der Waals surface area contributed by atoms with Gasteiger partial charge in [-0.15, -0.1) is 0 Å². The van der Waals surface area contributed by atoms with Gasteiger partial charge >= 0.3 is 12.2 Å². The number of hydrogen-bond donors (Lipinski definition) is 0. The molecule has 5 nitrogen and oxygen atoms in total. The lowest BCUT2D eigenvalue weighted by Gasteiger charge is -2.23. The summed E-state index contributed by atoms with van der Waals surface area (Å²) in [7, 11) is -3.46. The van der Waals surface area contributed by atoms with Crippen molar-refractivity contribution in [3.63, 3.8) is 0 Å². The molecule has 2 aromatic rings. The number of benzene rings is 2. The third-order valence-corrected chi connectivity index (χ3v) is 7.36. The molecule has 2 unspecified atom stereocenters. The number of anilines is 2. The van der Waals surface area contributed by atoms with Crippen molar-refractivity contribution in [1.29, 1.82) is 0 Å². The molecular weight excluding hydrogens is 429 g/mol. The lowest BCUT2D eigenvalue weighted by atomic mass is 10.1. The van der Waals surface area contributed by atoms with Crippen LogP contribution in [0, 0.1) is 6.92 Å². The van der Waals surface area contributed by atoms with Crippen LogP contribution in [0.1, 0.15) is 11.1 Å². The summed E-state index contributed by atoms with van der Waals surface area (Å²) in [4.78, 5) is 15.7. The van der Waals surface area contributed by atoms with Gasteiger partial charge in [-0.3, -0.25) is 9.80 Å². The number of aryl methyl sites for hydroxylation is 1. The van der Waals surface area contributed by atoms with Crippen LogP contribution in [0.15, 0.2) is 42.5 Å². The fourth-order valence-corrected chi connectivity index (χ4v) is 5.97. The fourth-order valence-electron chi connectivity index (χ4n) is 3.87. The normalized spacial score (nSPS) is 23.6. The van der Waals surface area contributed by atoms with Gasteiger partial charge in [0.05, 0.1) is 29.2 Å². The van der Waals surface area contributed by atoms with E-state index in [-0.39, 0.29) is 17.2 Å². The maximum absolute atomic E-state index is 13.2. The molecule has 0 N–H and O–H groups in total. The highest BCUT2D eigenvalue weighted by atomic mass is 35.5. The molecule has 2 atom stereocenters. The van der Waals surface area contributed by atoms with Crippen molar-refractivity contribution >= 4 is 38.8 Å². The van der Waals surface area contributed by atoms with Gasteiger partial charge < -0.3 is 0 Å². The van der Waals surface area contributed by atoms with E-state index in [1.165, 1.54) is 17.0 Å². The van der Waals surface area contributed by atoms with Gasteiger partial charge in [0.25, 0.3) is 0 Å². The number of fused-ring (bicyclic) bond motifs is 1. The summed E-state index contributed by atoms with van der Waals surface area (Å²) in [5, 5.41) is 0.408. The summed E-state index contributed by atoms with van der Waals surface area (Å²) >= 11 is 6.17. The third kappa shape index (κ3) is 3.46. The van der Waals surface area contributed by atoms with Crippen LogP contribution < -0.4 is 9.80 Å². The predicted molar refractivity (Wildman–Crippen MR) is 104 cm³/mol. The standard InChI is InChI=1S/C19H16ClF3N2O3S/c1-11-5-6-14(8-15(11)20)25-17-10-29(27,28)9-16(17)24(18(25)26)13-4-2-3-12(7-13)19(21,22)23/h2-8,16-17H,9-10H2,1H3. The van der Waals surface area contributed by atoms with Crippen LogP contribution in [-0.4, -0.2) is 38.0 Å². The van der Waals surface area contributed by atoms with Gasteiger partial charge in [-0.2, -0.15) is 13.2 Å². The van der Waals surface area contributed by atoms with E-state index in [1.54, 1.807) is 25.1 Å². The molecule has 2 aromatic carbocycles. The highest BCUT2D eigenvalue weighted by Crippen LogP contribution is 2.40. The second kappa shape index (κ2) is 6.63. The predicted octanol–water partition coefficient (Wildman–Crippen LogP) is 4.28. The summed E-state index contributed by atoms with van der Waals surface area (Å²) in [6.45, 7) is 1.79. The Morgan fingerprint density at radius 2 is 1.59 bits per heavy atom. The minimum absolute atomic E-state index is 0.0117. The molecule has 2 amide bonds. The SMILES string of the molecule is Cc1ccc(N2C(=O)N(c3cccc(C(F)(F)F)c3)C3CS(=O)(=O)CC32)cc1Cl. The molecule has 29 heavy (non-hydrogen) atoms. The number of nitrogens with zero attached hydrogens (tertiary/aromatic N) is 2. The maximum Gasteiger partial charge on any atom is 0.416 e. The Morgan fingerprint density at radius 1 is 1.00 bits per heavy atom. The number of urea groups is 1. The van der Waals surface area contributed by atoms with Crippen LogP contribution in [-0.2, 0) is 16.0 Å². The molecule has 2 saturated heterocycles. The van der Waals surface area contributed by atoms with E-state index in [1.807, 2.05) is 0 Å². The van der Waals surface area contributed by atoms with Gasteiger partial charge in [0.2, 0.25) is 0 Å². The second-order valence-corrected chi connectivity index (χ2v) is 9.78. The first-order valence-corrected chi connectivity index (χ1v) is 10.9. The van der Waals surface area contributed by atoms with Gasteiger partial charge in [0.1, 0.15) is 0 Å². The smallest absolute Gasteiger partial charge is 0.288 e. The second-order valence-electron chi connectivity index (χ2n) is 7.22. The van der Waals surface area contributed by atoms with E-state index < -0.39 is 39.7 Å². The van der Waals surface area contributed by atoms with Gasteiger partial charge in [-0.05, 0) is 42.8 Å². The van der Waals surface area contributed by atoms with E-state index >= 15 is 0 Å². The molecule has 2 fully saturated rings. The summed E-state index contributed by atoms with van der Waals surface area (Å²) in [6, 6.07) is 7.21. The molecule has 10 heteroatoms. The van der Waals surface area contributed by atoms with Crippen molar-refractivity contribution in [3.8, 4) is 0 Å². The van der Waals surface area contributed by atoms with Crippen molar-refractivity contribution in [2.75, 3.05) is 21.3 Å². The number of rotatable bonds is 2. The van der Waals surface area contributed by atoms with E-state index in [9.17, 15) is 26.4 Å². The number of hydrogen-bond acceptors (Lipinski definition) is 3. The highest BCUT2D eigenvalue weighted by Gasteiger charge is 2.54. The summed E-state index contributed by atoms with van der Waals surface area (Å²) in [6.07, 6.45) is -4.58. The zero-order valence-corrected chi connectivity index (χ0v) is 16.7. The van der Waals surface area contributed by atoms with Crippen LogP contribution in [0.3, 0.4) is 0 Å². The Kier molecular flexibility index (Phi) is 4.58. The molecule has 2 aliphatic rings. The van der Waals surface area contributed by atoms with Crippen LogP contribution in [0.25, 0.3) is 0 Å². The first-order valence-electron chi connectivity index (χ1n) is 8.74. The molecular formula is C19H16ClF3N2O3S. The molecule has 2 heterocycles. The van der Waals surface area contributed by atoms with Gasteiger partial charge in [-0.1, -0.05) is 23.7 Å². The van der Waals surface area contributed by atoms with Crippen LogP contribution in [0.2, 0.25) is 5.02 Å². The zero-order valence-electron chi connectivity index (χ0n) is 15.1. The Bertz CT molecular complexity index is 1100. The number of sulfone groups is 1. The molecule has 0 aromatic heterocycles. The molecule has 0 bridgehead atoms.